The summed E-state index contributed by atoms with van der Waals surface area (Å²) in [6, 6.07) is 10.3. The average molecular weight is 412 g/mol. The van der Waals surface area contributed by atoms with Crippen molar-refractivity contribution in [1.82, 2.24) is 0 Å². The summed E-state index contributed by atoms with van der Waals surface area (Å²) in [6.45, 7) is 0. The van der Waals surface area contributed by atoms with Crippen LogP contribution < -0.4 is 15.2 Å². The number of carbonyl (C=O) groups excluding carboxylic acids is 1. The first-order chi connectivity index (χ1) is 12.8. The van der Waals surface area contributed by atoms with Crippen molar-refractivity contribution in [3.63, 3.8) is 0 Å². The molecule has 0 atom stereocenters. The summed E-state index contributed by atoms with van der Waals surface area (Å²) in [5, 5.41) is 8.83. The second kappa shape index (κ2) is 9.29. The molecule has 142 valence electrons. The standard InChI is InChI=1S/C18H15ClFNO5S/c1-25-11-4-2-10(3-5-11)9-27-16(21)15(17(22)23)18(24)26-12-6-7-14(20)13(19)8-12/h2-8H,9,21H2,1H3,(H,22,23). The van der Waals surface area contributed by atoms with E-state index < -0.39 is 23.3 Å². The molecule has 3 N–H and O–H groups in total. The normalized spacial score (nSPS) is 11.5. The fraction of sp³-hybridized carbons (Fsp3) is 0.111. The molecule has 0 aliphatic heterocycles. The molecule has 0 saturated carbocycles. The predicted octanol–water partition coefficient (Wildman–Crippen LogP) is 3.58. The minimum Gasteiger partial charge on any atom is -0.497 e. The number of carbonyl (C=O) groups is 2. The lowest BCUT2D eigenvalue weighted by Crippen LogP contribution is -2.22. The van der Waals surface area contributed by atoms with Gasteiger partial charge in [0.1, 0.15) is 17.3 Å². The van der Waals surface area contributed by atoms with Gasteiger partial charge in [0.05, 0.1) is 17.2 Å². The summed E-state index contributed by atoms with van der Waals surface area (Å²) >= 11 is 6.58. The molecule has 6 nitrogen and oxygen atoms in total. The van der Waals surface area contributed by atoms with E-state index >= 15 is 0 Å². The minimum absolute atomic E-state index is 0.0990. The molecule has 0 bridgehead atoms. The van der Waals surface area contributed by atoms with Crippen molar-refractivity contribution in [2.24, 2.45) is 5.73 Å². The fourth-order valence-electron chi connectivity index (χ4n) is 1.95. The molecule has 0 aliphatic carbocycles. The van der Waals surface area contributed by atoms with Gasteiger partial charge in [0.25, 0.3) is 0 Å². The van der Waals surface area contributed by atoms with E-state index in [4.69, 9.17) is 26.8 Å². The SMILES string of the molecule is COc1ccc(CSC(N)=C(C(=O)O)C(=O)Oc2ccc(F)c(Cl)c2)cc1. The number of ether oxygens (including phenoxy) is 2. The van der Waals surface area contributed by atoms with Gasteiger partial charge in [0.15, 0.2) is 5.57 Å². The summed E-state index contributed by atoms with van der Waals surface area (Å²) < 4.78 is 23.1. The molecule has 0 radical (unpaired) electrons. The van der Waals surface area contributed by atoms with E-state index in [0.717, 1.165) is 35.5 Å². The number of aliphatic carboxylic acids is 1. The number of carboxylic acids is 1. The molecular weight excluding hydrogens is 397 g/mol. The Balaban J connectivity index is 2.13. The highest BCUT2D eigenvalue weighted by Gasteiger charge is 2.24. The number of carboxylic acid groups (broad SMARTS) is 1. The van der Waals surface area contributed by atoms with Gasteiger partial charge >= 0.3 is 11.9 Å². The number of methoxy groups -OCH3 is 1. The van der Waals surface area contributed by atoms with Gasteiger partial charge in [-0.1, -0.05) is 23.7 Å². The van der Waals surface area contributed by atoms with E-state index in [-0.39, 0.29) is 15.8 Å². The molecule has 0 aromatic heterocycles. The number of rotatable bonds is 7. The maximum absolute atomic E-state index is 13.2. The summed E-state index contributed by atoms with van der Waals surface area (Å²) in [4.78, 5) is 23.6. The van der Waals surface area contributed by atoms with Crippen LogP contribution in [0.15, 0.2) is 53.1 Å². The van der Waals surface area contributed by atoms with Crippen LogP contribution in [-0.2, 0) is 15.3 Å². The van der Waals surface area contributed by atoms with Crippen molar-refractivity contribution in [2.45, 2.75) is 5.75 Å². The Morgan fingerprint density at radius 2 is 1.81 bits per heavy atom. The maximum atomic E-state index is 13.2. The topological polar surface area (TPSA) is 98.9 Å². The van der Waals surface area contributed by atoms with Crippen molar-refractivity contribution in [1.29, 1.82) is 0 Å². The van der Waals surface area contributed by atoms with Gasteiger partial charge in [-0.15, -0.1) is 11.8 Å². The Labute approximate surface area is 163 Å². The van der Waals surface area contributed by atoms with Crippen LogP contribution in [0.5, 0.6) is 11.5 Å². The maximum Gasteiger partial charge on any atom is 0.353 e. The lowest BCUT2D eigenvalue weighted by Gasteiger charge is -2.09. The number of nitrogens with two attached hydrogens (primary N) is 1. The first-order valence-corrected chi connectivity index (χ1v) is 8.84. The monoisotopic (exact) mass is 411 g/mol. The molecule has 2 rings (SSSR count). The summed E-state index contributed by atoms with van der Waals surface area (Å²) in [5.41, 5.74) is 5.92. The Bertz CT molecular complexity index is 886. The van der Waals surface area contributed by atoms with Crippen molar-refractivity contribution < 1.29 is 28.6 Å². The van der Waals surface area contributed by atoms with Crippen LogP contribution in [0, 0.1) is 5.82 Å². The first-order valence-electron chi connectivity index (χ1n) is 7.47. The molecule has 0 fully saturated rings. The van der Waals surface area contributed by atoms with Gasteiger partial charge in [0.2, 0.25) is 0 Å². The smallest absolute Gasteiger partial charge is 0.353 e. The zero-order chi connectivity index (χ0) is 20.0. The van der Waals surface area contributed by atoms with E-state index in [0.29, 0.717) is 11.5 Å². The van der Waals surface area contributed by atoms with Crippen LogP contribution in [0.1, 0.15) is 5.56 Å². The van der Waals surface area contributed by atoms with Gasteiger partial charge < -0.3 is 20.3 Å². The predicted molar refractivity (Wildman–Crippen MR) is 100 cm³/mol. The summed E-state index contributed by atoms with van der Waals surface area (Å²) in [6.07, 6.45) is 0. The third-order valence-corrected chi connectivity index (χ3v) is 4.60. The Morgan fingerprint density at radius 1 is 1.19 bits per heavy atom. The van der Waals surface area contributed by atoms with Crippen LogP contribution in [0.3, 0.4) is 0 Å². The third-order valence-electron chi connectivity index (χ3n) is 3.32. The van der Waals surface area contributed by atoms with Gasteiger partial charge in [-0.2, -0.15) is 0 Å². The molecule has 0 aliphatic rings. The number of benzene rings is 2. The Morgan fingerprint density at radius 3 is 2.37 bits per heavy atom. The largest absolute Gasteiger partial charge is 0.497 e. The molecule has 9 heteroatoms. The fourth-order valence-corrected chi connectivity index (χ4v) is 2.95. The van der Waals surface area contributed by atoms with Crippen molar-refractivity contribution in [3.05, 3.63) is 69.5 Å². The summed E-state index contributed by atoms with van der Waals surface area (Å²) in [7, 11) is 1.55. The lowest BCUT2D eigenvalue weighted by atomic mass is 10.2. The Kier molecular flexibility index (Phi) is 7.09. The van der Waals surface area contributed by atoms with E-state index in [1.807, 2.05) is 0 Å². The van der Waals surface area contributed by atoms with E-state index in [1.165, 1.54) is 0 Å². The summed E-state index contributed by atoms with van der Waals surface area (Å²) in [5.74, 6) is -2.49. The second-order valence-electron chi connectivity index (χ2n) is 5.15. The third kappa shape index (κ3) is 5.63. The highest BCUT2D eigenvalue weighted by atomic mass is 35.5. The van der Waals surface area contributed by atoms with Crippen LogP contribution in [0.2, 0.25) is 5.02 Å². The zero-order valence-electron chi connectivity index (χ0n) is 14.1. The Hall–Kier alpha value is -2.71. The number of hydrogen-bond acceptors (Lipinski definition) is 6. The molecule has 0 saturated heterocycles. The minimum atomic E-state index is -1.53. The number of esters is 1. The number of thioether (sulfide) groups is 1. The van der Waals surface area contributed by atoms with Crippen molar-refractivity contribution in [3.8, 4) is 11.5 Å². The van der Waals surface area contributed by atoms with E-state index in [2.05, 4.69) is 0 Å². The highest BCUT2D eigenvalue weighted by molar-refractivity contribution is 8.02. The molecule has 0 heterocycles. The van der Waals surface area contributed by atoms with E-state index in [9.17, 15) is 19.1 Å². The highest BCUT2D eigenvalue weighted by Crippen LogP contribution is 2.25. The molecule has 2 aromatic rings. The molecule has 0 unspecified atom stereocenters. The van der Waals surface area contributed by atoms with Crippen molar-refractivity contribution >= 4 is 35.3 Å². The number of halogens is 2. The quantitative estimate of drug-likeness (QED) is 0.236. The molecule has 0 amide bonds. The van der Waals surface area contributed by atoms with Crippen LogP contribution in [-0.4, -0.2) is 24.2 Å². The van der Waals surface area contributed by atoms with Crippen LogP contribution >= 0.6 is 23.4 Å². The van der Waals surface area contributed by atoms with Gasteiger partial charge in [-0.05, 0) is 29.8 Å². The zero-order valence-corrected chi connectivity index (χ0v) is 15.6. The first kappa shape index (κ1) is 20.6. The number of hydrogen-bond donors (Lipinski definition) is 2. The van der Waals surface area contributed by atoms with E-state index in [1.54, 1.807) is 31.4 Å². The molecule has 2 aromatic carbocycles. The average Bonchev–Trinajstić information content (AvgIpc) is 2.63. The van der Waals surface area contributed by atoms with Gasteiger partial charge in [-0.3, -0.25) is 0 Å². The van der Waals surface area contributed by atoms with Gasteiger partial charge in [-0.25, -0.2) is 14.0 Å². The van der Waals surface area contributed by atoms with Crippen LogP contribution in [0.4, 0.5) is 4.39 Å². The molecular formula is C18H15ClFNO5S. The second-order valence-corrected chi connectivity index (χ2v) is 6.57. The van der Waals surface area contributed by atoms with Crippen molar-refractivity contribution in [2.75, 3.05) is 7.11 Å². The van der Waals surface area contributed by atoms with Crippen LogP contribution in [0.25, 0.3) is 0 Å². The van der Waals surface area contributed by atoms with Gasteiger partial charge in [0, 0.05) is 11.8 Å². The lowest BCUT2D eigenvalue weighted by molar-refractivity contribution is -0.138. The molecule has 0 spiro atoms. The molecule has 27 heavy (non-hydrogen) atoms.